The van der Waals surface area contributed by atoms with Crippen molar-refractivity contribution in [2.75, 3.05) is 33.0 Å². The zero-order valence-corrected chi connectivity index (χ0v) is 11.7. The van der Waals surface area contributed by atoms with Crippen molar-refractivity contribution < 1.29 is 40.7 Å². The molecule has 0 spiro atoms. The van der Waals surface area contributed by atoms with Gasteiger partial charge < -0.3 is 18.9 Å². The van der Waals surface area contributed by atoms with Crippen molar-refractivity contribution >= 4 is 0 Å². The Balaban J connectivity index is 0.00000225. The van der Waals surface area contributed by atoms with E-state index in [2.05, 4.69) is 0 Å². The fourth-order valence-corrected chi connectivity index (χ4v) is 1.21. The van der Waals surface area contributed by atoms with E-state index < -0.39 is 0 Å². The van der Waals surface area contributed by atoms with Gasteiger partial charge in [-0.15, -0.1) is 6.42 Å². The Labute approximate surface area is 113 Å². The van der Waals surface area contributed by atoms with Crippen LogP contribution in [0.4, 0.5) is 0 Å². The predicted octanol–water partition coefficient (Wildman–Crippen LogP) is 1.74. The third kappa shape index (κ3) is 8.68. The van der Waals surface area contributed by atoms with Crippen LogP contribution in [0, 0.1) is 6.29 Å². The first-order valence-electron chi connectivity index (χ1n) is 5.67. The molecule has 16 heavy (non-hydrogen) atoms. The molecule has 5 heteroatoms. The van der Waals surface area contributed by atoms with E-state index in [1.807, 2.05) is 13.8 Å². The van der Waals surface area contributed by atoms with Crippen LogP contribution in [0.2, 0.25) is 0 Å². The van der Waals surface area contributed by atoms with Gasteiger partial charge >= 0.3 is 0 Å². The molecule has 1 atom stereocenters. The molecule has 0 aromatic rings. The molecule has 0 saturated carbocycles. The molecule has 0 aromatic heterocycles. The van der Waals surface area contributed by atoms with Crippen LogP contribution in [-0.2, 0) is 40.7 Å². The summed E-state index contributed by atoms with van der Waals surface area (Å²) in [4.78, 5) is 0. The molecule has 0 amide bonds. The van der Waals surface area contributed by atoms with Crippen LogP contribution in [0.25, 0.3) is 0 Å². The summed E-state index contributed by atoms with van der Waals surface area (Å²) < 4.78 is 21.1. The Hall–Kier alpha value is 0.554. The Morgan fingerprint density at radius 1 is 1.25 bits per heavy atom. The Morgan fingerprint density at radius 3 is 2.38 bits per heavy atom. The smallest absolute Gasteiger partial charge is 0.104 e. The molecule has 94 valence electrons. The van der Waals surface area contributed by atoms with Crippen LogP contribution in [-0.4, -0.2) is 39.1 Å². The normalized spacial score (nSPS) is 18.6. The summed E-state index contributed by atoms with van der Waals surface area (Å²) in [7, 11) is 0. The minimum Gasteiger partial charge on any atom is -0.522 e. The van der Waals surface area contributed by atoms with Crippen LogP contribution in [0.15, 0.2) is 0 Å². The van der Waals surface area contributed by atoms with E-state index >= 15 is 0 Å². The first-order chi connectivity index (χ1) is 7.36. The molecule has 1 unspecified atom stereocenters. The van der Waals surface area contributed by atoms with Crippen LogP contribution >= 0.6 is 0 Å². The summed E-state index contributed by atoms with van der Waals surface area (Å²) in [6.45, 7) is 7.55. The summed E-state index contributed by atoms with van der Waals surface area (Å²) in [6.07, 6.45) is 2.83. The summed E-state index contributed by atoms with van der Waals surface area (Å²) in [5, 5.41) is 0. The number of epoxide rings is 1. The van der Waals surface area contributed by atoms with Gasteiger partial charge in [0.15, 0.2) is 0 Å². The van der Waals surface area contributed by atoms with Gasteiger partial charge in [-0.05, 0) is 13.8 Å². The molecule has 1 aliphatic rings. The van der Waals surface area contributed by atoms with Gasteiger partial charge in [0.2, 0.25) is 0 Å². The Morgan fingerprint density at radius 2 is 1.88 bits per heavy atom. The molecule has 1 aliphatic heterocycles. The predicted molar refractivity (Wildman–Crippen MR) is 56.3 cm³/mol. The second-order valence-corrected chi connectivity index (χ2v) is 3.37. The zero-order chi connectivity index (χ0) is 10.9. The van der Waals surface area contributed by atoms with Crippen molar-refractivity contribution in [3.05, 3.63) is 6.29 Å². The van der Waals surface area contributed by atoms with Crippen molar-refractivity contribution in [2.24, 2.45) is 0 Å². The van der Waals surface area contributed by atoms with Gasteiger partial charge in [-0.1, -0.05) is 12.7 Å². The van der Waals surface area contributed by atoms with Crippen LogP contribution in [0.1, 0.15) is 26.7 Å². The Kier molecular flexibility index (Phi) is 11.1. The van der Waals surface area contributed by atoms with Crippen molar-refractivity contribution in [2.45, 2.75) is 32.8 Å². The van der Waals surface area contributed by atoms with Gasteiger partial charge in [-0.25, -0.2) is 0 Å². The van der Waals surface area contributed by atoms with E-state index in [0.717, 1.165) is 39.0 Å². The number of hydrogen-bond donors (Lipinski definition) is 0. The zero-order valence-electron chi connectivity index (χ0n) is 10.2. The monoisotopic (exact) mass is 265 g/mol. The van der Waals surface area contributed by atoms with E-state index in [1.54, 1.807) is 0 Å². The second kappa shape index (κ2) is 10.7. The summed E-state index contributed by atoms with van der Waals surface area (Å²) in [5.74, 6) is 0. The maximum Gasteiger partial charge on any atom is 0.104 e. The first-order valence-corrected chi connectivity index (χ1v) is 5.67. The topological polar surface area (TPSA) is 40.2 Å². The molecule has 1 heterocycles. The van der Waals surface area contributed by atoms with Gasteiger partial charge in [-0.2, -0.15) is 0 Å². The average Bonchev–Trinajstić information content (AvgIpc) is 3.02. The standard InChI is InChI=1S/C11H21O4.Ti/c1-3-13-11(14-4-2)6-5-7-12-8-10-9-15-10;/h10H,3-9H2,1-2H3;/q-1;. The molecule has 0 radical (unpaired) electrons. The van der Waals surface area contributed by atoms with E-state index in [1.165, 1.54) is 0 Å². The van der Waals surface area contributed by atoms with Gasteiger partial charge in [-0.3, -0.25) is 0 Å². The Bertz CT molecular complexity index is 147. The maximum absolute atomic E-state index is 5.41. The molecule has 0 N–H and O–H groups in total. The van der Waals surface area contributed by atoms with E-state index in [0.29, 0.717) is 19.3 Å². The third-order valence-corrected chi connectivity index (χ3v) is 1.99. The molecule has 1 rings (SSSR count). The molecule has 0 bridgehead atoms. The van der Waals surface area contributed by atoms with Gasteiger partial charge in [0.25, 0.3) is 0 Å². The van der Waals surface area contributed by atoms with E-state index in [-0.39, 0.29) is 21.7 Å². The number of rotatable bonds is 10. The van der Waals surface area contributed by atoms with Crippen molar-refractivity contribution in [3.63, 3.8) is 0 Å². The van der Waals surface area contributed by atoms with E-state index in [9.17, 15) is 0 Å². The van der Waals surface area contributed by atoms with E-state index in [4.69, 9.17) is 18.9 Å². The van der Waals surface area contributed by atoms with Crippen molar-refractivity contribution in [1.82, 2.24) is 0 Å². The molecular formula is C11H21O4Ti-. The molecule has 0 aliphatic carbocycles. The maximum atomic E-state index is 5.41. The molecule has 0 aromatic carbocycles. The van der Waals surface area contributed by atoms with Gasteiger partial charge in [0.1, 0.15) is 6.10 Å². The SMILES string of the molecule is CCO[C-](CCCOCC1CO1)OCC.[Ti]. The van der Waals surface area contributed by atoms with Gasteiger partial charge in [0, 0.05) is 41.5 Å². The second-order valence-electron chi connectivity index (χ2n) is 3.37. The average molecular weight is 265 g/mol. The van der Waals surface area contributed by atoms with Gasteiger partial charge in [0.05, 0.1) is 13.2 Å². The van der Waals surface area contributed by atoms with Crippen molar-refractivity contribution in [3.8, 4) is 0 Å². The molecule has 4 nitrogen and oxygen atoms in total. The molecule has 1 fully saturated rings. The summed E-state index contributed by atoms with van der Waals surface area (Å²) >= 11 is 0. The summed E-state index contributed by atoms with van der Waals surface area (Å²) in [6, 6.07) is 0. The van der Waals surface area contributed by atoms with Crippen LogP contribution in [0.3, 0.4) is 0 Å². The molecular weight excluding hydrogens is 244 g/mol. The number of ether oxygens (including phenoxy) is 4. The van der Waals surface area contributed by atoms with Crippen LogP contribution in [0.5, 0.6) is 0 Å². The quantitative estimate of drug-likeness (QED) is 0.261. The summed E-state index contributed by atoms with van der Waals surface area (Å²) in [5.41, 5.74) is 0. The fraction of sp³-hybridized carbons (Fsp3) is 0.909. The minimum absolute atomic E-state index is 0. The van der Waals surface area contributed by atoms with Crippen molar-refractivity contribution in [1.29, 1.82) is 0 Å². The van der Waals surface area contributed by atoms with Crippen LogP contribution < -0.4 is 0 Å². The number of hydrogen-bond acceptors (Lipinski definition) is 4. The molecule has 1 saturated heterocycles. The first kappa shape index (κ1) is 16.6. The minimum atomic E-state index is 0. The fourth-order valence-electron chi connectivity index (χ4n) is 1.21. The largest absolute Gasteiger partial charge is 0.522 e. The third-order valence-electron chi connectivity index (χ3n) is 1.99.